The molecule has 11 heavy (non-hydrogen) atoms. The van der Waals surface area contributed by atoms with E-state index in [1.165, 1.54) is 38.5 Å². The summed E-state index contributed by atoms with van der Waals surface area (Å²) in [6.07, 6.45) is 8.73. The van der Waals surface area contributed by atoms with Crippen LogP contribution in [0.3, 0.4) is 0 Å². The number of hydrogen-bond donors (Lipinski definition) is 1. The van der Waals surface area contributed by atoms with Crippen LogP contribution in [0, 0.1) is 5.92 Å². The number of rotatable bonds is 2. The Balaban J connectivity index is 2.30. The molecule has 0 radical (unpaired) electrons. The molecule has 1 fully saturated rings. The van der Waals surface area contributed by atoms with Crippen LogP contribution in [0.2, 0.25) is 0 Å². The molecule has 1 aliphatic rings. The van der Waals surface area contributed by atoms with Crippen molar-refractivity contribution in [2.45, 2.75) is 51.5 Å². The monoisotopic (exact) mass is 155 g/mol. The predicted molar refractivity (Wildman–Crippen MR) is 49.7 cm³/mol. The predicted octanol–water partition coefficient (Wildman–Crippen LogP) is 2.56. The zero-order chi connectivity index (χ0) is 8.10. The summed E-state index contributed by atoms with van der Waals surface area (Å²) in [6.45, 7) is 2.32. The minimum atomic E-state index is 0.730. The molecule has 1 heteroatoms. The summed E-state index contributed by atoms with van der Waals surface area (Å²) >= 11 is 0. The van der Waals surface area contributed by atoms with E-state index in [-0.39, 0.29) is 0 Å². The van der Waals surface area contributed by atoms with Gasteiger partial charge in [-0.3, -0.25) is 0 Å². The van der Waals surface area contributed by atoms with Gasteiger partial charge in [-0.05, 0) is 32.7 Å². The minimum absolute atomic E-state index is 0.730. The summed E-state index contributed by atoms with van der Waals surface area (Å²) in [5, 5.41) is 3.36. The molecule has 1 saturated carbocycles. The second kappa shape index (κ2) is 4.76. The van der Waals surface area contributed by atoms with Crippen LogP contribution in [0.5, 0.6) is 0 Å². The second-order valence-electron chi connectivity index (χ2n) is 3.83. The first-order valence-electron chi connectivity index (χ1n) is 5.02. The highest BCUT2D eigenvalue weighted by atomic mass is 14.9. The number of hydrogen-bond acceptors (Lipinski definition) is 1. The molecular formula is C10H21N. The fraction of sp³-hybridized carbons (Fsp3) is 1.00. The summed E-state index contributed by atoms with van der Waals surface area (Å²) in [5.41, 5.74) is 0. The van der Waals surface area contributed by atoms with E-state index >= 15 is 0 Å². The lowest BCUT2D eigenvalue weighted by molar-refractivity contribution is 0.354. The van der Waals surface area contributed by atoms with Crippen LogP contribution >= 0.6 is 0 Å². The van der Waals surface area contributed by atoms with E-state index in [9.17, 15) is 0 Å². The van der Waals surface area contributed by atoms with Crippen molar-refractivity contribution < 1.29 is 0 Å². The molecule has 66 valence electrons. The molecule has 0 aliphatic heterocycles. The average Bonchev–Trinajstić information content (AvgIpc) is 2.30. The van der Waals surface area contributed by atoms with Gasteiger partial charge in [0, 0.05) is 6.04 Å². The van der Waals surface area contributed by atoms with Crippen LogP contribution in [0.1, 0.15) is 45.4 Å². The summed E-state index contributed by atoms with van der Waals surface area (Å²) in [4.78, 5) is 0. The molecule has 0 saturated heterocycles. The third-order valence-electron chi connectivity index (χ3n) is 3.06. The van der Waals surface area contributed by atoms with Crippen LogP contribution in [-0.2, 0) is 0 Å². The van der Waals surface area contributed by atoms with Crippen molar-refractivity contribution in [1.82, 2.24) is 5.32 Å². The molecule has 0 amide bonds. The largest absolute Gasteiger partial charge is 0.317 e. The molecule has 0 heterocycles. The maximum absolute atomic E-state index is 3.36. The molecular weight excluding hydrogens is 134 g/mol. The quantitative estimate of drug-likeness (QED) is 0.604. The van der Waals surface area contributed by atoms with E-state index in [1.54, 1.807) is 0 Å². The Morgan fingerprint density at radius 2 is 1.64 bits per heavy atom. The molecule has 0 spiro atoms. The zero-order valence-corrected chi connectivity index (χ0v) is 7.90. The number of nitrogens with one attached hydrogen (secondary N) is 1. The summed E-state index contributed by atoms with van der Waals surface area (Å²) < 4.78 is 0. The first-order valence-corrected chi connectivity index (χ1v) is 5.02. The fourth-order valence-electron chi connectivity index (χ4n) is 2.05. The molecule has 0 aromatic carbocycles. The minimum Gasteiger partial charge on any atom is -0.317 e. The SMILES string of the molecule is CNC(C)C1CCCCCC1. The van der Waals surface area contributed by atoms with Crippen molar-refractivity contribution in [1.29, 1.82) is 0 Å². The molecule has 0 aromatic rings. The van der Waals surface area contributed by atoms with Crippen molar-refractivity contribution in [2.24, 2.45) is 5.92 Å². The molecule has 1 nitrogen and oxygen atoms in total. The molecule has 0 bridgehead atoms. The Bertz CT molecular complexity index is 93.0. The Hall–Kier alpha value is -0.0400. The van der Waals surface area contributed by atoms with E-state index < -0.39 is 0 Å². The van der Waals surface area contributed by atoms with E-state index in [2.05, 4.69) is 19.3 Å². The van der Waals surface area contributed by atoms with E-state index in [4.69, 9.17) is 0 Å². The van der Waals surface area contributed by atoms with Crippen molar-refractivity contribution in [3.05, 3.63) is 0 Å². The smallest absolute Gasteiger partial charge is 0.00639 e. The van der Waals surface area contributed by atoms with Gasteiger partial charge in [0.2, 0.25) is 0 Å². The highest BCUT2D eigenvalue weighted by Crippen LogP contribution is 2.24. The fourth-order valence-corrected chi connectivity index (χ4v) is 2.05. The van der Waals surface area contributed by atoms with E-state index in [1.807, 2.05) is 0 Å². The first-order chi connectivity index (χ1) is 5.34. The van der Waals surface area contributed by atoms with Crippen LogP contribution in [0.25, 0.3) is 0 Å². The van der Waals surface area contributed by atoms with Gasteiger partial charge in [-0.25, -0.2) is 0 Å². The lowest BCUT2D eigenvalue weighted by atomic mass is 9.93. The zero-order valence-electron chi connectivity index (χ0n) is 7.90. The van der Waals surface area contributed by atoms with Gasteiger partial charge in [0.1, 0.15) is 0 Å². The molecule has 1 rings (SSSR count). The lowest BCUT2D eigenvalue weighted by Crippen LogP contribution is -2.30. The first kappa shape index (κ1) is 9.05. The van der Waals surface area contributed by atoms with Gasteiger partial charge >= 0.3 is 0 Å². The highest BCUT2D eigenvalue weighted by Gasteiger charge is 2.16. The Labute approximate surface area is 70.6 Å². The molecule has 1 aliphatic carbocycles. The summed E-state index contributed by atoms with van der Waals surface area (Å²) in [5.74, 6) is 0.947. The Kier molecular flexibility index (Phi) is 3.92. The van der Waals surface area contributed by atoms with Gasteiger partial charge in [-0.2, -0.15) is 0 Å². The van der Waals surface area contributed by atoms with E-state index in [0.717, 1.165) is 12.0 Å². The van der Waals surface area contributed by atoms with Gasteiger partial charge in [-0.15, -0.1) is 0 Å². The van der Waals surface area contributed by atoms with Crippen LogP contribution in [-0.4, -0.2) is 13.1 Å². The Morgan fingerprint density at radius 1 is 1.09 bits per heavy atom. The third-order valence-corrected chi connectivity index (χ3v) is 3.06. The maximum atomic E-state index is 3.36. The second-order valence-corrected chi connectivity index (χ2v) is 3.83. The lowest BCUT2D eigenvalue weighted by Gasteiger charge is -2.21. The van der Waals surface area contributed by atoms with Crippen LogP contribution < -0.4 is 5.32 Å². The van der Waals surface area contributed by atoms with Crippen molar-refractivity contribution in [3.8, 4) is 0 Å². The van der Waals surface area contributed by atoms with Gasteiger partial charge in [0.05, 0.1) is 0 Å². The van der Waals surface area contributed by atoms with Crippen LogP contribution in [0.4, 0.5) is 0 Å². The van der Waals surface area contributed by atoms with Crippen molar-refractivity contribution in [2.75, 3.05) is 7.05 Å². The summed E-state index contributed by atoms with van der Waals surface area (Å²) in [7, 11) is 2.08. The van der Waals surface area contributed by atoms with E-state index in [0.29, 0.717) is 0 Å². The topological polar surface area (TPSA) is 12.0 Å². The molecule has 0 aromatic heterocycles. The summed E-state index contributed by atoms with van der Waals surface area (Å²) in [6, 6.07) is 0.730. The normalized spacial score (nSPS) is 24.5. The van der Waals surface area contributed by atoms with Gasteiger partial charge in [0.25, 0.3) is 0 Å². The van der Waals surface area contributed by atoms with Crippen LogP contribution in [0.15, 0.2) is 0 Å². The highest BCUT2D eigenvalue weighted by molar-refractivity contribution is 4.73. The average molecular weight is 155 g/mol. The van der Waals surface area contributed by atoms with Gasteiger partial charge in [-0.1, -0.05) is 25.7 Å². The van der Waals surface area contributed by atoms with Gasteiger partial charge in [0.15, 0.2) is 0 Å². The molecule has 1 atom stereocenters. The van der Waals surface area contributed by atoms with Gasteiger partial charge < -0.3 is 5.32 Å². The standard InChI is InChI=1S/C10H21N/c1-9(11-2)10-7-5-3-4-6-8-10/h9-11H,3-8H2,1-2H3. The maximum Gasteiger partial charge on any atom is 0.00639 e. The van der Waals surface area contributed by atoms with Crippen molar-refractivity contribution in [3.63, 3.8) is 0 Å². The molecule has 1 N–H and O–H groups in total. The molecule has 1 unspecified atom stereocenters. The van der Waals surface area contributed by atoms with Crippen molar-refractivity contribution >= 4 is 0 Å². The third kappa shape index (κ3) is 2.82. The Morgan fingerprint density at radius 3 is 2.09 bits per heavy atom.